The average molecular weight is 234 g/mol. The number of carbonyl (C=O) groups excluding carboxylic acids is 2. The Morgan fingerprint density at radius 2 is 1.88 bits per heavy atom. The number of hydrogen-bond acceptors (Lipinski definition) is 3. The van der Waals surface area contributed by atoms with Gasteiger partial charge in [-0.15, -0.1) is 0 Å². The number of fused-ring (bicyclic) bond motifs is 1. The molecule has 1 aliphatic carbocycles. The summed E-state index contributed by atoms with van der Waals surface area (Å²) >= 11 is 0. The number of aromatic hydroxyl groups is 1. The van der Waals surface area contributed by atoms with Crippen molar-refractivity contribution in [3.8, 4) is 5.75 Å². The topological polar surface area (TPSA) is 54.4 Å². The monoisotopic (exact) mass is 234 g/mol. The lowest BCUT2D eigenvalue weighted by molar-refractivity contribution is 0.0979. The Labute approximate surface area is 95.0 Å². The summed E-state index contributed by atoms with van der Waals surface area (Å²) in [5.41, 5.74) is 0.968. The van der Waals surface area contributed by atoms with Gasteiger partial charge in [-0.2, -0.15) is 0 Å². The Kier molecular flexibility index (Phi) is 2.64. The van der Waals surface area contributed by atoms with Gasteiger partial charge in [0, 0.05) is 16.5 Å². The van der Waals surface area contributed by atoms with Crippen molar-refractivity contribution >= 4 is 20.1 Å². The normalized spacial score (nSPS) is 16.1. The molecule has 1 aromatic carbocycles. The number of hydrogen-bond donors (Lipinski definition) is 1. The molecular weight excluding hydrogens is 223 g/mol. The van der Waals surface area contributed by atoms with Crippen molar-refractivity contribution in [3.05, 3.63) is 40.2 Å². The Balaban J connectivity index is 2.75. The third kappa shape index (κ3) is 1.40. The van der Waals surface area contributed by atoms with E-state index >= 15 is 0 Å². The van der Waals surface area contributed by atoms with Gasteiger partial charge >= 0.3 is 0 Å². The van der Waals surface area contributed by atoms with Gasteiger partial charge < -0.3 is 5.11 Å². The summed E-state index contributed by atoms with van der Waals surface area (Å²) in [7, 11) is 0.260. The van der Waals surface area contributed by atoms with Gasteiger partial charge in [0.25, 0.3) is 0 Å². The predicted molar refractivity (Wildman–Crippen MR) is 63.7 cm³/mol. The maximum atomic E-state index is 12.1. The summed E-state index contributed by atoms with van der Waals surface area (Å²) in [6.07, 6.45) is 0. The molecule has 0 fully saturated rings. The molecule has 0 bridgehead atoms. The number of phenolic OH excluding ortho intramolecular Hbond substituents is 1. The third-order valence-electron chi connectivity index (χ3n) is 2.71. The Morgan fingerprint density at radius 1 is 1.19 bits per heavy atom. The Morgan fingerprint density at radius 3 is 2.50 bits per heavy atom. The summed E-state index contributed by atoms with van der Waals surface area (Å²) in [4.78, 5) is 24.0. The fourth-order valence-electron chi connectivity index (χ4n) is 1.88. The smallest absolute Gasteiger partial charge is 0.198 e. The number of rotatable bonds is 1. The molecule has 2 rings (SSSR count). The van der Waals surface area contributed by atoms with Crippen LogP contribution in [0, 0.1) is 0 Å². The van der Waals surface area contributed by atoms with E-state index in [1.807, 2.05) is 6.66 Å². The van der Waals surface area contributed by atoms with Crippen LogP contribution in [0.4, 0.5) is 0 Å². The number of allylic oxidation sites excluding steroid dienone is 2. The molecule has 16 heavy (non-hydrogen) atoms. The lowest BCUT2D eigenvalue weighted by Crippen LogP contribution is -2.19. The number of carbonyl (C=O) groups is 2. The quantitative estimate of drug-likeness (QED) is 0.759. The first-order valence-electron chi connectivity index (χ1n) is 4.88. The number of Topliss-reactive ketones (excluding diaryl/α,β-unsaturated/α-hetero) is 2. The van der Waals surface area contributed by atoms with E-state index in [4.69, 9.17) is 0 Å². The largest absolute Gasteiger partial charge is 0.507 e. The van der Waals surface area contributed by atoms with E-state index in [2.05, 4.69) is 0 Å². The number of benzene rings is 1. The molecule has 1 aliphatic rings. The van der Waals surface area contributed by atoms with Crippen LogP contribution >= 0.6 is 8.58 Å². The van der Waals surface area contributed by atoms with E-state index in [0.29, 0.717) is 16.5 Å². The second-order valence-corrected chi connectivity index (χ2v) is 4.61. The van der Waals surface area contributed by atoms with Crippen molar-refractivity contribution in [2.45, 2.75) is 6.92 Å². The van der Waals surface area contributed by atoms with Crippen molar-refractivity contribution in [1.82, 2.24) is 0 Å². The average Bonchev–Trinajstić information content (AvgIpc) is 2.26. The van der Waals surface area contributed by atoms with E-state index in [1.165, 1.54) is 6.07 Å². The van der Waals surface area contributed by atoms with E-state index in [-0.39, 0.29) is 31.5 Å². The first-order chi connectivity index (χ1) is 7.57. The molecule has 3 nitrogen and oxygen atoms in total. The predicted octanol–water partition coefficient (Wildman–Crippen LogP) is 2.35. The van der Waals surface area contributed by atoms with Gasteiger partial charge in [-0.05, 0) is 19.7 Å². The van der Waals surface area contributed by atoms with Crippen LogP contribution in [0.15, 0.2) is 29.1 Å². The highest BCUT2D eigenvalue weighted by Gasteiger charge is 2.30. The number of phenols is 1. The van der Waals surface area contributed by atoms with Gasteiger partial charge in [-0.3, -0.25) is 9.59 Å². The molecule has 0 saturated carbocycles. The zero-order valence-corrected chi connectivity index (χ0v) is 10.00. The molecule has 0 saturated heterocycles. The van der Waals surface area contributed by atoms with Gasteiger partial charge in [0.1, 0.15) is 5.75 Å². The molecule has 82 valence electrons. The summed E-state index contributed by atoms with van der Waals surface area (Å²) in [5.74, 6) is -0.486. The van der Waals surface area contributed by atoms with Crippen molar-refractivity contribution in [3.63, 3.8) is 0 Å². The second kappa shape index (κ2) is 3.84. The van der Waals surface area contributed by atoms with Crippen LogP contribution in [-0.4, -0.2) is 23.3 Å². The minimum absolute atomic E-state index is 0.112. The van der Waals surface area contributed by atoms with Crippen molar-refractivity contribution in [2.24, 2.45) is 0 Å². The van der Waals surface area contributed by atoms with Crippen LogP contribution in [0.25, 0.3) is 0 Å². The van der Waals surface area contributed by atoms with Crippen molar-refractivity contribution < 1.29 is 14.7 Å². The summed E-state index contributed by atoms with van der Waals surface area (Å²) < 4.78 is 0. The standard InChI is InChI=1S/C12H11O3P/c1-6-10(14)7-4-3-5-8(13)9(7)11(15)12(6)16-2/h3-5,13,16H,1-2H3. The summed E-state index contributed by atoms with van der Waals surface area (Å²) in [6.45, 7) is 3.52. The summed E-state index contributed by atoms with van der Waals surface area (Å²) in [5, 5.41) is 10.2. The second-order valence-electron chi connectivity index (χ2n) is 3.61. The van der Waals surface area contributed by atoms with E-state index in [0.717, 1.165) is 0 Å². The highest BCUT2D eigenvalue weighted by Crippen LogP contribution is 2.37. The fraction of sp³-hybridized carbons (Fsp3) is 0.167. The maximum Gasteiger partial charge on any atom is 0.198 e. The zero-order valence-electron chi connectivity index (χ0n) is 9.00. The number of ketones is 2. The van der Waals surface area contributed by atoms with Crippen LogP contribution in [0.1, 0.15) is 27.6 Å². The molecule has 0 amide bonds. The minimum atomic E-state index is -0.217. The van der Waals surface area contributed by atoms with Crippen molar-refractivity contribution in [2.75, 3.05) is 6.66 Å². The van der Waals surface area contributed by atoms with E-state index in [9.17, 15) is 14.7 Å². The van der Waals surface area contributed by atoms with Gasteiger partial charge in [0.15, 0.2) is 11.6 Å². The first kappa shape index (κ1) is 11.0. The lowest BCUT2D eigenvalue weighted by atomic mass is 9.89. The van der Waals surface area contributed by atoms with Gasteiger partial charge in [0.2, 0.25) is 0 Å². The minimum Gasteiger partial charge on any atom is -0.507 e. The van der Waals surface area contributed by atoms with Crippen LogP contribution in [0.2, 0.25) is 0 Å². The van der Waals surface area contributed by atoms with E-state index in [1.54, 1.807) is 19.1 Å². The van der Waals surface area contributed by atoms with Crippen LogP contribution in [-0.2, 0) is 0 Å². The summed E-state index contributed by atoms with van der Waals surface area (Å²) in [6, 6.07) is 4.58. The molecule has 1 unspecified atom stereocenters. The molecule has 0 spiro atoms. The highest BCUT2D eigenvalue weighted by atomic mass is 31.1. The van der Waals surface area contributed by atoms with Crippen molar-refractivity contribution in [1.29, 1.82) is 0 Å². The van der Waals surface area contributed by atoms with Crippen LogP contribution in [0.5, 0.6) is 5.75 Å². The van der Waals surface area contributed by atoms with Gasteiger partial charge in [-0.1, -0.05) is 20.7 Å². The SMILES string of the molecule is CPC1=C(C)C(=O)c2cccc(O)c2C1=O. The molecule has 4 heteroatoms. The van der Waals surface area contributed by atoms with Crippen LogP contribution < -0.4 is 0 Å². The van der Waals surface area contributed by atoms with Crippen LogP contribution in [0.3, 0.4) is 0 Å². The Bertz CT molecular complexity index is 529. The Hall–Kier alpha value is -1.47. The van der Waals surface area contributed by atoms with Gasteiger partial charge in [0.05, 0.1) is 5.56 Å². The van der Waals surface area contributed by atoms with E-state index < -0.39 is 0 Å². The molecule has 0 aromatic heterocycles. The molecule has 1 atom stereocenters. The molecular formula is C12H11O3P. The molecule has 0 heterocycles. The molecule has 0 aliphatic heterocycles. The third-order valence-corrected chi connectivity index (χ3v) is 3.81. The maximum absolute atomic E-state index is 12.1. The highest BCUT2D eigenvalue weighted by molar-refractivity contribution is 7.44. The molecule has 0 radical (unpaired) electrons. The zero-order chi connectivity index (χ0) is 11.9. The first-order valence-corrected chi connectivity index (χ1v) is 6.38. The van der Waals surface area contributed by atoms with Gasteiger partial charge in [-0.25, -0.2) is 0 Å². The molecule has 1 aromatic rings. The lowest BCUT2D eigenvalue weighted by Gasteiger charge is -2.18. The molecule has 1 N–H and O–H groups in total. The fourth-order valence-corrected chi connectivity index (χ4v) is 2.72.